The van der Waals surface area contributed by atoms with E-state index in [-0.39, 0.29) is 11.8 Å². The van der Waals surface area contributed by atoms with Crippen LogP contribution in [0, 0.1) is 6.92 Å². The van der Waals surface area contributed by atoms with Crippen LogP contribution < -0.4 is 4.74 Å². The molecular weight excluding hydrogens is 362 g/mol. The number of benzene rings is 2. The molecule has 22 heavy (non-hydrogen) atoms. The molecule has 116 valence electrons. The molecule has 0 spiro atoms. The minimum Gasteiger partial charge on any atom is -0.497 e. The van der Waals surface area contributed by atoms with Gasteiger partial charge in [-0.1, -0.05) is 35.3 Å². The summed E-state index contributed by atoms with van der Waals surface area (Å²) in [5.74, 6) is 0.786. The quantitative estimate of drug-likeness (QED) is 0.566. The molecule has 2 aromatic rings. The van der Waals surface area contributed by atoms with Gasteiger partial charge < -0.3 is 4.74 Å². The van der Waals surface area contributed by atoms with Crippen molar-refractivity contribution >= 4 is 46.4 Å². The molecule has 1 nitrogen and oxygen atoms in total. The van der Waals surface area contributed by atoms with Gasteiger partial charge in [-0.15, -0.1) is 23.2 Å². The summed E-state index contributed by atoms with van der Waals surface area (Å²) in [6.45, 7) is 1.89. The van der Waals surface area contributed by atoms with E-state index in [4.69, 9.17) is 51.1 Å². The van der Waals surface area contributed by atoms with Gasteiger partial charge in [0.2, 0.25) is 0 Å². The Morgan fingerprint density at radius 3 is 1.91 bits per heavy atom. The maximum absolute atomic E-state index is 6.51. The van der Waals surface area contributed by atoms with Crippen molar-refractivity contribution in [2.45, 2.75) is 23.1 Å². The third kappa shape index (κ3) is 2.69. The first-order chi connectivity index (χ1) is 10.4. The highest BCUT2D eigenvalue weighted by molar-refractivity contribution is 6.52. The maximum Gasteiger partial charge on any atom is 0.133 e. The van der Waals surface area contributed by atoms with Crippen LogP contribution in [0.4, 0.5) is 0 Å². The fraction of sp³-hybridized carbons (Fsp3) is 0.294. The largest absolute Gasteiger partial charge is 0.497 e. The van der Waals surface area contributed by atoms with Gasteiger partial charge in [-0.2, -0.15) is 0 Å². The topological polar surface area (TPSA) is 9.23 Å². The first-order valence-electron chi connectivity index (χ1n) is 6.83. The van der Waals surface area contributed by atoms with Gasteiger partial charge in [0.1, 0.15) is 10.1 Å². The predicted molar refractivity (Wildman–Crippen MR) is 94.1 cm³/mol. The van der Waals surface area contributed by atoms with Gasteiger partial charge in [0.05, 0.1) is 7.11 Å². The third-order valence-electron chi connectivity index (χ3n) is 4.19. The Morgan fingerprint density at radius 1 is 0.909 bits per heavy atom. The molecule has 0 saturated heterocycles. The Bertz CT molecular complexity index is 686. The molecule has 2 atom stereocenters. The minimum absolute atomic E-state index is 0.0107. The van der Waals surface area contributed by atoms with Gasteiger partial charge in [0, 0.05) is 21.9 Å². The van der Waals surface area contributed by atoms with Gasteiger partial charge >= 0.3 is 0 Å². The van der Waals surface area contributed by atoms with Crippen molar-refractivity contribution in [1.82, 2.24) is 0 Å². The van der Waals surface area contributed by atoms with Gasteiger partial charge in [0.15, 0.2) is 0 Å². The number of alkyl halides is 2. The van der Waals surface area contributed by atoms with Crippen LogP contribution in [0.15, 0.2) is 36.4 Å². The zero-order valence-corrected chi connectivity index (χ0v) is 15.1. The Kier molecular flexibility index (Phi) is 4.28. The van der Waals surface area contributed by atoms with Crippen LogP contribution in [0.3, 0.4) is 0 Å². The second-order valence-corrected chi connectivity index (χ2v) is 7.77. The molecule has 2 aromatic carbocycles. The van der Waals surface area contributed by atoms with Gasteiger partial charge in [-0.05, 0) is 47.9 Å². The molecule has 1 aliphatic rings. The summed E-state index contributed by atoms with van der Waals surface area (Å²) >= 11 is 25.5. The van der Waals surface area contributed by atoms with Crippen LogP contribution in [0.1, 0.15) is 28.5 Å². The highest BCUT2D eigenvalue weighted by atomic mass is 35.5. The lowest BCUT2D eigenvalue weighted by Gasteiger charge is -2.06. The highest BCUT2D eigenvalue weighted by Crippen LogP contribution is 2.70. The zero-order chi connectivity index (χ0) is 16.1. The smallest absolute Gasteiger partial charge is 0.133 e. The van der Waals surface area contributed by atoms with E-state index in [2.05, 4.69) is 0 Å². The third-order valence-corrected chi connectivity index (χ3v) is 5.92. The molecule has 2 unspecified atom stereocenters. The number of rotatable bonds is 3. The molecule has 0 heterocycles. The van der Waals surface area contributed by atoms with Crippen molar-refractivity contribution in [3.8, 4) is 5.75 Å². The monoisotopic (exact) mass is 374 g/mol. The summed E-state index contributed by atoms with van der Waals surface area (Å²) in [5.41, 5.74) is 2.90. The van der Waals surface area contributed by atoms with E-state index in [1.54, 1.807) is 7.11 Å². The van der Waals surface area contributed by atoms with Crippen molar-refractivity contribution in [2.75, 3.05) is 7.11 Å². The Balaban J connectivity index is 1.95. The Morgan fingerprint density at radius 2 is 1.41 bits per heavy atom. The average Bonchev–Trinajstić information content (AvgIpc) is 3.07. The minimum atomic E-state index is -0.851. The van der Waals surface area contributed by atoms with Crippen molar-refractivity contribution in [1.29, 1.82) is 0 Å². The second kappa shape index (κ2) is 5.79. The van der Waals surface area contributed by atoms with Crippen LogP contribution in [0.25, 0.3) is 0 Å². The number of ether oxygens (including phenoxy) is 1. The van der Waals surface area contributed by atoms with Crippen LogP contribution >= 0.6 is 46.4 Å². The standard InChI is InChI=1S/C17H14Cl4O/c1-9-13(18)7-11(8-14(9)19)16-15(17(16,20)21)10-3-5-12(22-2)6-4-10/h3-8,15-16H,1-2H3. The number of hydrogen-bond acceptors (Lipinski definition) is 1. The lowest BCUT2D eigenvalue weighted by molar-refractivity contribution is 0.414. The van der Waals surface area contributed by atoms with E-state index in [1.165, 1.54) is 0 Å². The second-order valence-electron chi connectivity index (χ2n) is 5.51. The summed E-state index contributed by atoms with van der Waals surface area (Å²) in [6, 6.07) is 11.6. The molecule has 0 bridgehead atoms. The van der Waals surface area contributed by atoms with Crippen LogP contribution in [-0.4, -0.2) is 11.4 Å². The first kappa shape index (κ1) is 16.3. The molecule has 0 aromatic heterocycles. The van der Waals surface area contributed by atoms with Crippen LogP contribution in [0.2, 0.25) is 10.0 Å². The zero-order valence-electron chi connectivity index (χ0n) is 12.0. The van der Waals surface area contributed by atoms with E-state index < -0.39 is 4.33 Å². The van der Waals surface area contributed by atoms with Crippen molar-refractivity contribution in [2.24, 2.45) is 0 Å². The Labute approximate surface area is 150 Å². The van der Waals surface area contributed by atoms with E-state index in [9.17, 15) is 0 Å². The van der Waals surface area contributed by atoms with Gasteiger partial charge in [-0.25, -0.2) is 0 Å². The number of halogens is 4. The van der Waals surface area contributed by atoms with E-state index in [1.807, 2.05) is 43.3 Å². The van der Waals surface area contributed by atoms with Gasteiger partial charge in [-0.3, -0.25) is 0 Å². The normalized spacial score (nSPS) is 22.5. The molecule has 5 heteroatoms. The van der Waals surface area contributed by atoms with Gasteiger partial charge in [0.25, 0.3) is 0 Å². The van der Waals surface area contributed by atoms with Crippen LogP contribution in [-0.2, 0) is 0 Å². The van der Waals surface area contributed by atoms with E-state index in [0.717, 1.165) is 22.4 Å². The molecular formula is C17H14Cl4O. The molecule has 1 fully saturated rings. The molecule has 0 radical (unpaired) electrons. The average molecular weight is 376 g/mol. The summed E-state index contributed by atoms with van der Waals surface area (Å²) < 4.78 is 4.33. The fourth-order valence-corrected chi connectivity index (χ4v) is 4.20. The molecule has 1 aliphatic carbocycles. The molecule has 1 saturated carbocycles. The molecule has 0 N–H and O–H groups in total. The first-order valence-corrected chi connectivity index (χ1v) is 8.34. The lowest BCUT2D eigenvalue weighted by Crippen LogP contribution is -1.92. The summed E-state index contributed by atoms with van der Waals surface area (Å²) in [5, 5.41) is 1.26. The van der Waals surface area contributed by atoms with Crippen molar-refractivity contribution < 1.29 is 4.74 Å². The summed E-state index contributed by atoms with van der Waals surface area (Å²) in [6.07, 6.45) is 0. The van der Waals surface area contributed by atoms with E-state index in [0.29, 0.717) is 10.0 Å². The molecule has 3 rings (SSSR count). The SMILES string of the molecule is COc1ccc(C2C(c3cc(Cl)c(C)c(Cl)c3)C2(Cl)Cl)cc1. The maximum atomic E-state index is 6.51. The highest BCUT2D eigenvalue weighted by Gasteiger charge is 2.64. The number of hydrogen-bond donors (Lipinski definition) is 0. The van der Waals surface area contributed by atoms with Crippen molar-refractivity contribution in [3.05, 3.63) is 63.1 Å². The molecule has 0 aliphatic heterocycles. The lowest BCUT2D eigenvalue weighted by atomic mass is 10.0. The Hall–Kier alpha value is -0.600. The van der Waals surface area contributed by atoms with E-state index >= 15 is 0 Å². The van der Waals surface area contributed by atoms with Crippen molar-refractivity contribution in [3.63, 3.8) is 0 Å². The van der Waals surface area contributed by atoms with Crippen LogP contribution in [0.5, 0.6) is 5.75 Å². The number of methoxy groups -OCH3 is 1. The molecule has 0 amide bonds. The summed E-state index contributed by atoms with van der Waals surface area (Å²) in [7, 11) is 1.64. The predicted octanol–water partition coefficient (Wildman–Crippen LogP) is 6.37. The fourth-order valence-electron chi connectivity index (χ4n) is 2.81. The summed E-state index contributed by atoms with van der Waals surface area (Å²) in [4.78, 5) is 0.